The molecule has 1 aromatic carbocycles. The molecule has 0 radical (unpaired) electrons. The smallest absolute Gasteiger partial charge is 0.230 e. The summed E-state index contributed by atoms with van der Waals surface area (Å²) >= 11 is 0. The molecule has 2 heterocycles. The number of benzene rings is 1. The highest BCUT2D eigenvalue weighted by atomic mass is 16.1. The fourth-order valence-corrected chi connectivity index (χ4v) is 1.83. The second-order valence-electron chi connectivity index (χ2n) is 3.25. The van der Waals surface area contributed by atoms with E-state index in [4.69, 9.17) is 0 Å². The van der Waals surface area contributed by atoms with Crippen LogP contribution in [0.1, 0.15) is 5.56 Å². The number of anilines is 1. The lowest BCUT2D eigenvalue weighted by atomic mass is 10.1. The molecule has 1 aromatic heterocycles. The molecule has 0 fully saturated rings. The van der Waals surface area contributed by atoms with Crippen LogP contribution in [0.2, 0.25) is 0 Å². The SMILES string of the molecule is O=C1Cc2c([nH]c3ccccc23)N1. The third kappa shape index (κ3) is 0.811. The number of nitrogens with one attached hydrogen (secondary N) is 2. The number of amides is 1. The lowest BCUT2D eigenvalue weighted by Crippen LogP contribution is -2.04. The van der Waals surface area contributed by atoms with E-state index in [0.717, 1.165) is 22.3 Å². The number of rotatable bonds is 0. The van der Waals surface area contributed by atoms with E-state index < -0.39 is 0 Å². The molecule has 2 aromatic rings. The Balaban J connectivity index is 2.37. The first-order valence-electron chi connectivity index (χ1n) is 4.24. The number of hydrogen-bond donors (Lipinski definition) is 2. The molecule has 0 bridgehead atoms. The average Bonchev–Trinajstić information content (AvgIpc) is 2.60. The van der Waals surface area contributed by atoms with Crippen LogP contribution in [-0.2, 0) is 11.2 Å². The van der Waals surface area contributed by atoms with Gasteiger partial charge in [0.2, 0.25) is 5.91 Å². The van der Waals surface area contributed by atoms with Crippen molar-refractivity contribution >= 4 is 22.6 Å². The highest BCUT2D eigenvalue weighted by molar-refractivity contribution is 6.05. The molecule has 3 heteroatoms. The van der Waals surface area contributed by atoms with Crippen LogP contribution in [0, 0.1) is 0 Å². The Bertz CT molecular complexity index is 499. The second kappa shape index (κ2) is 2.13. The summed E-state index contributed by atoms with van der Waals surface area (Å²) in [6.45, 7) is 0. The molecule has 13 heavy (non-hydrogen) atoms. The third-order valence-corrected chi connectivity index (χ3v) is 2.42. The number of aromatic amines is 1. The Kier molecular flexibility index (Phi) is 1.10. The van der Waals surface area contributed by atoms with Crippen molar-refractivity contribution in [3.8, 4) is 0 Å². The summed E-state index contributed by atoms with van der Waals surface area (Å²) in [4.78, 5) is 14.2. The van der Waals surface area contributed by atoms with Gasteiger partial charge in [0, 0.05) is 16.5 Å². The van der Waals surface area contributed by atoms with Gasteiger partial charge in [0.1, 0.15) is 5.82 Å². The zero-order valence-electron chi connectivity index (χ0n) is 6.92. The number of aromatic nitrogens is 1. The number of para-hydroxylation sites is 1. The van der Waals surface area contributed by atoms with Gasteiger partial charge < -0.3 is 10.3 Å². The van der Waals surface area contributed by atoms with Gasteiger partial charge in [-0.3, -0.25) is 4.79 Å². The predicted molar refractivity (Wildman–Crippen MR) is 50.6 cm³/mol. The van der Waals surface area contributed by atoms with Gasteiger partial charge in [0.05, 0.1) is 6.42 Å². The molecule has 3 nitrogen and oxygen atoms in total. The zero-order chi connectivity index (χ0) is 8.84. The lowest BCUT2D eigenvalue weighted by molar-refractivity contribution is -0.115. The van der Waals surface area contributed by atoms with Crippen molar-refractivity contribution in [1.82, 2.24) is 4.98 Å². The molecule has 2 N–H and O–H groups in total. The van der Waals surface area contributed by atoms with Crippen LogP contribution in [0.15, 0.2) is 24.3 Å². The van der Waals surface area contributed by atoms with E-state index in [1.807, 2.05) is 24.3 Å². The van der Waals surface area contributed by atoms with E-state index in [0.29, 0.717) is 6.42 Å². The monoisotopic (exact) mass is 172 g/mol. The Morgan fingerprint density at radius 3 is 3.00 bits per heavy atom. The Hall–Kier alpha value is -1.77. The number of hydrogen-bond acceptors (Lipinski definition) is 1. The maximum absolute atomic E-state index is 11.1. The van der Waals surface area contributed by atoms with Crippen molar-refractivity contribution in [1.29, 1.82) is 0 Å². The zero-order valence-corrected chi connectivity index (χ0v) is 6.92. The Labute approximate surface area is 74.8 Å². The molecule has 0 aliphatic carbocycles. The van der Waals surface area contributed by atoms with Crippen molar-refractivity contribution in [3.63, 3.8) is 0 Å². The first kappa shape index (κ1) is 6.71. The summed E-state index contributed by atoms with van der Waals surface area (Å²) in [6, 6.07) is 8.01. The lowest BCUT2D eigenvalue weighted by Gasteiger charge is -1.91. The summed E-state index contributed by atoms with van der Waals surface area (Å²) in [6.07, 6.45) is 0.499. The number of carbonyl (C=O) groups is 1. The van der Waals surface area contributed by atoms with Crippen LogP contribution >= 0.6 is 0 Å². The molecule has 1 aliphatic heterocycles. The van der Waals surface area contributed by atoms with E-state index in [1.165, 1.54) is 0 Å². The van der Waals surface area contributed by atoms with Crippen molar-refractivity contribution in [2.24, 2.45) is 0 Å². The molecule has 0 saturated heterocycles. The van der Waals surface area contributed by atoms with Gasteiger partial charge in [-0.25, -0.2) is 0 Å². The maximum atomic E-state index is 11.1. The second-order valence-corrected chi connectivity index (χ2v) is 3.25. The van der Waals surface area contributed by atoms with E-state index in [2.05, 4.69) is 10.3 Å². The van der Waals surface area contributed by atoms with Gasteiger partial charge in [-0.1, -0.05) is 18.2 Å². The van der Waals surface area contributed by atoms with Crippen LogP contribution in [0.25, 0.3) is 10.9 Å². The molecule has 1 amide bonds. The van der Waals surface area contributed by atoms with Crippen molar-refractivity contribution in [2.45, 2.75) is 6.42 Å². The molecule has 3 rings (SSSR count). The van der Waals surface area contributed by atoms with E-state index in [-0.39, 0.29) is 5.91 Å². The Morgan fingerprint density at radius 2 is 2.08 bits per heavy atom. The highest BCUT2D eigenvalue weighted by Crippen LogP contribution is 2.30. The molecule has 0 spiro atoms. The number of H-pyrrole nitrogens is 1. The van der Waals surface area contributed by atoms with Crippen LogP contribution < -0.4 is 5.32 Å². The topological polar surface area (TPSA) is 44.9 Å². The minimum Gasteiger partial charge on any atom is -0.341 e. The normalized spacial score (nSPS) is 14.6. The largest absolute Gasteiger partial charge is 0.341 e. The van der Waals surface area contributed by atoms with Crippen LogP contribution in [-0.4, -0.2) is 10.9 Å². The van der Waals surface area contributed by atoms with Crippen molar-refractivity contribution < 1.29 is 4.79 Å². The summed E-state index contributed by atoms with van der Waals surface area (Å²) in [7, 11) is 0. The molecular weight excluding hydrogens is 164 g/mol. The fourth-order valence-electron chi connectivity index (χ4n) is 1.83. The first-order chi connectivity index (χ1) is 6.34. The van der Waals surface area contributed by atoms with Crippen molar-refractivity contribution in [3.05, 3.63) is 29.8 Å². The molecule has 0 atom stereocenters. The summed E-state index contributed by atoms with van der Waals surface area (Å²) < 4.78 is 0. The predicted octanol–water partition coefficient (Wildman–Crippen LogP) is 1.66. The quantitative estimate of drug-likeness (QED) is 0.623. The molecule has 0 unspecified atom stereocenters. The maximum Gasteiger partial charge on any atom is 0.230 e. The molecule has 64 valence electrons. The number of fused-ring (bicyclic) bond motifs is 3. The van der Waals surface area contributed by atoms with Gasteiger partial charge in [-0.05, 0) is 6.07 Å². The molecule has 0 saturated carbocycles. The van der Waals surface area contributed by atoms with Crippen LogP contribution in [0.4, 0.5) is 5.82 Å². The highest BCUT2D eigenvalue weighted by Gasteiger charge is 2.21. The van der Waals surface area contributed by atoms with Gasteiger partial charge in [0.25, 0.3) is 0 Å². The van der Waals surface area contributed by atoms with E-state index in [1.54, 1.807) is 0 Å². The standard InChI is InChI=1S/C10H8N2O/c13-9-5-7-6-3-1-2-4-8(6)11-10(7)12-9/h1-4,11H,5H2,(H,12,13). The average molecular weight is 172 g/mol. The van der Waals surface area contributed by atoms with Gasteiger partial charge in [-0.15, -0.1) is 0 Å². The van der Waals surface area contributed by atoms with Crippen LogP contribution in [0.5, 0.6) is 0 Å². The minimum atomic E-state index is 0.0759. The fraction of sp³-hybridized carbons (Fsp3) is 0.100. The third-order valence-electron chi connectivity index (χ3n) is 2.42. The summed E-state index contributed by atoms with van der Waals surface area (Å²) in [5.41, 5.74) is 2.19. The summed E-state index contributed by atoms with van der Waals surface area (Å²) in [5, 5.41) is 3.94. The molecular formula is C10H8N2O. The number of carbonyl (C=O) groups excluding carboxylic acids is 1. The first-order valence-corrected chi connectivity index (χ1v) is 4.24. The van der Waals surface area contributed by atoms with Crippen molar-refractivity contribution in [2.75, 3.05) is 5.32 Å². The van der Waals surface area contributed by atoms with Gasteiger partial charge in [-0.2, -0.15) is 0 Å². The van der Waals surface area contributed by atoms with Gasteiger partial charge in [0.15, 0.2) is 0 Å². The minimum absolute atomic E-state index is 0.0759. The van der Waals surface area contributed by atoms with E-state index in [9.17, 15) is 4.79 Å². The van der Waals surface area contributed by atoms with Crippen LogP contribution in [0.3, 0.4) is 0 Å². The van der Waals surface area contributed by atoms with Gasteiger partial charge >= 0.3 is 0 Å². The van der Waals surface area contributed by atoms with E-state index >= 15 is 0 Å². The summed E-state index contributed by atoms with van der Waals surface area (Å²) in [5.74, 6) is 0.943. The Morgan fingerprint density at radius 1 is 1.23 bits per heavy atom. The molecule has 1 aliphatic rings.